The zero-order valence-corrected chi connectivity index (χ0v) is 11.1. The average Bonchev–Trinajstić information content (AvgIpc) is 2.78. The van der Waals surface area contributed by atoms with Crippen LogP contribution in [0, 0.1) is 5.92 Å². The first-order chi connectivity index (χ1) is 8.61. The summed E-state index contributed by atoms with van der Waals surface area (Å²) in [5.74, 6) is 0.218. The number of benzene rings is 1. The lowest BCUT2D eigenvalue weighted by atomic mass is 9.99. The molecule has 0 aromatic heterocycles. The Hall–Kier alpha value is -1.35. The second-order valence-corrected chi connectivity index (χ2v) is 5.29. The highest BCUT2D eigenvalue weighted by Gasteiger charge is 2.26. The third kappa shape index (κ3) is 2.72. The van der Waals surface area contributed by atoms with Crippen molar-refractivity contribution in [1.29, 1.82) is 0 Å². The van der Waals surface area contributed by atoms with E-state index in [4.69, 9.17) is 5.73 Å². The molecule has 1 aromatic carbocycles. The van der Waals surface area contributed by atoms with Gasteiger partial charge in [-0.15, -0.1) is 0 Å². The van der Waals surface area contributed by atoms with E-state index in [0.717, 1.165) is 19.3 Å². The molecule has 1 aromatic rings. The summed E-state index contributed by atoms with van der Waals surface area (Å²) in [6.07, 6.45) is 2.78. The van der Waals surface area contributed by atoms with Crippen molar-refractivity contribution >= 4 is 5.91 Å². The molecule has 0 heterocycles. The van der Waals surface area contributed by atoms with Gasteiger partial charge in [-0.1, -0.05) is 44.5 Å². The molecule has 1 aliphatic rings. The summed E-state index contributed by atoms with van der Waals surface area (Å²) in [5.41, 5.74) is 8.64. The second-order valence-electron chi connectivity index (χ2n) is 5.29. The van der Waals surface area contributed by atoms with Gasteiger partial charge in [0.15, 0.2) is 0 Å². The minimum absolute atomic E-state index is 0.0119. The van der Waals surface area contributed by atoms with E-state index in [-0.39, 0.29) is 17.9 Å². The van der Waals surface area contributed by atoms with Crippen LogP contribution in [0.1, 0.15) is 31.4 Å². The van der Waals surface area contributed by atoms with Gasteiger partial charge in [-0.3, -0.25) is 4.79 Å². The van der Waals surface area contributed by atoms with Crippen LogP contribution in [0.4, 0.5) is 0 Å². The fourth-order valence-electron chi connectivity index (χ4n) is 2.47. The molecular formula is C15H22N2O. The highest BCUT2D eigenvalue weighted by molar-refractivity contribution is 5.82. The van der Waals surface area contributed by atoms with Gasteiger partial charge in [-0.05, 0) is 29.9 Å². The highest BCUT2D eigenvalue weighted by atomic mass is 16.2. The maximum absolute atomic E-state index is 12.0. The Morgan fingerprint density at radius 1 is 1.39 bits per heavy atom. The number of carbonyl (C=O) groups excluding carboxylic acids is 1. The minimum atomic E-state index is -0.390. The van der Waals surface area contributed by atoms with Crippen LogP contribution >= 0.6 is 0 Å². The second kappa shape index (κ2) is 5.53. The lowest BCUT2D eigenvalue weighted by Crippen LogP contribution is -2.48. The number of carbonyl (C=O) groups is 1. The molecule has 0 aliphatic heterocycles. The van der Waals surface area contributed by atoms with E-state index in [1.54, 1.807) is 0 Å². The summed E-state index contributed by atoms with van der Waals surface area (Å²) < 4.78 is 0. The lowest BCUT2D eigenvalue weighted by molar-refractivity contribution is -0.124. The van der Waals surface area contributed by atoms with Gasteiger partial charge in [0.05, 0.1) is 6.04 Å². The Balaban J connectivity index is 1.92. The van der Waals surface area contributed by atoms with Crippen LogP contribution in [0.3, 0.4) is 0 Å². The Labute approximate surface area is 109 Å². The number of amides is 1. The number of hydrogen-bond acceptors (Lipinski definition) is 2. The maximum Gasteiger partial charge on any atom is 0.237 e. The molecule has 0 saturated carbocycles. The topological polar surface area (TPSA) is 55.1 Å². The first kappa shape index (κ1) is 13.1. The monoisotopic (exact) mass is 246 g/mol. The Morgan fingerprint density at radius 3 is 2.44 bits per heavy atom. The van der Waals surface area contributed by atoms with Gasteiger partial charge in [0.1, 0.15) is 0 Å². The molecule has 2 atom stereocenters. The predicted molar refractivity (Wildman–Crippen MR) is 73.2 cm³/mol. The van der Waals surface area contributed by atoms with E-state index in [1.807, 2.05) is 19.1 Å². The van der Waals surface area contributed by atoms with Gasteiger partial charge in [-0.2, -0.15) is 0 Å². The zero-order valence-electron chi connectivity index (χ0n) is 11.1. The fourth-order valence-corrected chi connectivity index (χ4v) is 2.47. The average molecular weight is 246 g/mol. The van der Waals surface area contributed by atoms with Crippen molar-refractivity contribution in [2.24, 2.45) is 11.7 Å². The van der Waals surface area contributed by atoms with Crippen molar-refractivity contribution in [3.05, 3.63) is 35.4 Å². The molecule has 2 rings (SSSR count). The molecule has 3 heteroatoms. The molecule has 3 N–H and O–H groups in total. The van der Waals surface area contributed by atoms with Crippen LogP contribution < -0.4 is 11.1 Å². The minimum Gasteiger partial charge on any atom is -0.351 e. The van der Waals surface area contributed by atoms with Crippen LogP contribution in [-0.2, 0) is 17.6 Å². The molecule has 0 spiro atoms. The van der Waals surface area contributed by atoms with E-state index in [2.05, 4.69) is 24.4 Å². The molecule has 2 unspecified atom stereocenters. The predicted octanol–water partition coefficient (Wildman–Crippen LogP) is 1.64. The molecule has 0 bridgehead atoms. The fraction of sp³-hybridized carbons (Fsp3) is 0.533. The number of nitrogens with two attached hydrogens (primary N) is 1. The number of rotatable bonds is 4. The lowest BCUT2D eigenvalue weighted by Gasteiger charge is -2.20. The normalized spacial score (nSPS) is 18.2. The van der Waals surface area contributed by atoms with Crippen molar-refractivity contribution in [1.82, 2.24) is 5.32 Å². The quantitative estimate of drug-likeness (QED) is 0.848. The summed E-state index contributed by atoms with van der Waals surface area (Å²) in [7, 11) is 0. The number of fused-ring (bicyclic) bond motifs is 1. The third-order valence-corrected chi connectivity index (χ3v) is 3.96. The van der Waals surface area contributed by atoms with Gasteiger partial charge in [0.25, 0.3) is 0 Å². The summed E-state index contributed by atoms with van der Waals surface area (Å²) in [4.78, 5) is 12.0. The summed E-state index contributed by atoms with van der Waals surface area (Å²) >= 11 is 0. The smallest absolute Gasteiger partial charge is 0.237 e. The van der Waals surface area contributed by atoms with Crippen molar-refractivity contribution in [2.75, 3.05) is 0 Å². The van der Waals surface area contributed by atoms with E-state index < -0.39 is 6.04 Å². The van der Waals surface area contributed by atoms with E-state index in [9.17, 15) is 4.79 Å². The van der Waals surface area contributed by atoms with Gasteiger partial charge in [0, 0.05) is 6.04 Å². The number of hydrogen-bond donors (Lipinski definition) is 2. The van der Waals surface area contributed by atoms with Gasteiger partial charge >= 0.3 is 0 Å². The number of nitrogens with one attached hydrogen (secondary N) is 1. The van der Waals surface area contributed by atoms with E-state index in [0.29, 0.717) is 0 Å². The van der Waals surface area contributed by atoms with E-state index in [1.165, 1.54) is 11.1 Å². The van der Waals surface area contributed by atoms with Crippen LogP contribution in [0.2, 0.25) is 0 Å². The third-order valence-electron chi connectivity index (χ3n) is 3.96. The first-order valence-corrected chi connectivity index (χ1v) is 6.74. The SMILES string of the molecule is CCC(C)C(N)C(=O)NC1Cc2ccccc2C1. The summed E-state index contributed by atoms with van der Waals surface area (Å²) in [6.45, 7) is 4.08. The zero-order chi connectivity index (χ0) is 13.1. The van der Waals surface area contributed by atoms with Gasteiger partial charge < -0.3 is 11.1 Å². The first-order valence-electron chi connectivity index (χ1n) is 6.74. The van der Waals surface area contributed by atoms with Crippen molar-refractivity contribution in [3.8, 4) is 0 Å². The van der Waals surface area contributed by atoms with Crippen molar-refractivity contribution in [3.63, 3.8) is 0 Å². The van der Waals surface area contributed by atoms with E-state index >= 15 is 0 Å². The molecule has 18 heavy (non-hydrogen) atoms. The Bertz CT molecular complexity index is 405. The largest absolute Gasteiger partial charge is 0.351 e. The maximum atomic E-state index is 12.0. The Morgan fingerprint density at radius 2 is 1.94 bits per heavy atom. The molecule has 0 fully saturated rings. The highest BCUT2D eigenvalue weighted by Crippen LogP contribution is 2.21. The van der Waals surface area contributed by atoms with Gasteiger partial charge in [-0.25, -0.2) is 0 Å². The molecule has 1 amide bonds. The molecule has 0 radical (unpaired) electrons. The van der Waals surface area contributed by atoms with Crippen LogP contribution in [0.5, 0.6) is 0 Å². The van der Waals surface area contributed by atoms with Crippen LogP contribution in [0.25, 0.3) is 0 Å². The Kier molecular flexibility index (Phi) is 4.02. The van der Waals surface area contributed by atoms with Crippen molar-refractivity contribution < 1.29 is 4.79 Å². The molecule has 1 aliphatic carbocycles. The molecule has 3 nitrogen and oxygen atoms in total. The summed E-state index contributed by atoms with van der Waals surface area (Å²) in [6, 6.07) is 8.19. The van der Waals surface area contributed by atoms with Crippen molar-refractivity contribution in [2.45, 2.75) is 45.2 Å². The van der Waals surface area contributed by atoms with Crippen LogP contribution in [0.15, 0.2) is 24.3 Å². The molecular weight excluding hydrogens is 224 g/mol. The molecule has 0 saturated heterocycles. The van der Waals surface area contributed by atoms with Gasteiger partial charge in [0.2, 0.25) is 5.91 Å². The summed E-state index contributed by atoms with van der Waals surface area (Å²) in [5, 5.41) is 3.08. The van der Waals surface area contributed by atoms with Crippen LogP contribution in [-0.4, -0.2) is 18.0 Å². The molecule has 98 valence electrons. The standard InChI is InChI=1S/C15H22N2O/c1-3-10(2)14(16)15(18)17-13-8-11-6-4-5-7-12(11)9-13/h4-7,10,13-14H,3,8-9,16H2,1-2H3,(H,17,18).